The van der Waals surface area contributed by atoms with Crippen molar-refractivity contribution in [3.05, 3.63) is 88.9 Å². The van der Waals surface area contributed by atoms with Crippen LogP contribution in [0.4, 0.5) is 0 Å². The van der Waals surface area contributed by atoms with Gasteiger partial charge >= 0.3 is 0 Å². The standard InChI is InChI=1S/C28H31NO4/c1-20-8-17-28(33-20)27(30)19-31-26-15-13-23(14-16-26)21(2)29-32-18-22-9-11-25(12-10-22)24-6-4-3-5-7-24/h8-17,24H,3-7,18-19H2,1-2H3/b29-21+. The third-order valence-corrected chi connectivity index (χ3v) is 6.15. The topological polar surface area (TPSA) is 61.0 Å². The number of nitrogens with zero attached hydrogens (tertiary/aromatic N) is 1. The molecule has 0 atom stereocenters. The van der Waals surface area contributed by atoms with Gasteiger partial charge in [-0.3, -0.25) is 4.79 Å². The number of hydrogen-bond acceptors (Lipinski definition) is 5. The number of carbonyl (C=O) groups is 1. The van der Waals surface area contributed by atoms with E-state index in [2.05, 4.69) is 29.4 Å². The van der Waals surface area contributed by atoms with E-state index in [0.717, 1.165) is 16.8 Å². The van der Waals surface area contributed by atoms with Crippen LogP contribution in [-0.2, 0) is 11.4 Å². The number of benzene rings is 2. The number of ether oxygens (including phenoxy) is 1. The second kappa shape index (κ2) is 11.0. The maximum absolute atomic E-state index is 12.1. The summed E-state index contributed by atoms with van der Waals surface area (Å²) in [7, 11) is 0. The van der Waals surface area contributed by atoms with Crippen molar-refractivity contribution in [1.29, 1.82) is 0 Å². The molecule has 1 aliphatic carbocycles. The van der Waals surface area contributed by atoms with Gasteiger partial charge in [0, 0.05) is 0 Å². The van der Waals surface area contributed by atoms with E-state index < -0.39 is 0 Å². The first-order valence-electron chi connectivity index (χ1n) is 11.7. The molecule has 2 aromatic carbocycles. The van der Waals surface area contributed by atoms with Crippen LogP contribution in [0.2, 0.25) is 0 Å². The fourth-order valence-corrected chi connectivity index (χ4v) is 4.18. The van der Waals surface area contributed by atoms with Crippen LogP contribution in [0.5, 0.6) is 5.75 Å². The molecular formula is C28H31NO4. The molecule has 4 rings (SSSR count). The number of aryl methyl sites for hydroxylation is 1. The van der Waals surface area contributed by atoms with Gasteiger partial charge in [-0.1, -0.05) is 48.7 Å². The number of Topliss-reactive ketones (excluding diaryl/α,β-unsaturated/α-hetero) is 1. The Balaban J connectivity index is 1.25. The number of furan rings is 1. The van der Waals surface area contributed by atoms with Gasteiger partial charge in [-0.25, -0.2) is 0 Å². The average molecular weight is 446 g/mol. The van der Waals surface area contributed by atoms with E-state index in [4.69, 9.17) is 14.0 Å². The van der Waals surface area contributed by atoms with Gasteiger partial charge in [0.05, 0.1) is 5.71 Å². The van der Waals surface area contributed by atoms with Gasteiger partial charge in [0.25, 0.3) is 0 Å². The van der Waals surface area contributed by atoms with Crippen molar-refractivity contribution in [2.45, 2.75) is 58.5 Å². The molecule has 3 aromatic rings. The van der Waals surface area contributed by atoms with E-state index in [1.54, 1.807) is 19.1 Å². The van der Waals surface area contributed by atoms with E-state index in [9.17, 15) is 4.79 Å². The van der Waals surface area contributed by atoms with Crippen molar-refractivity contribution in [3.63, 3.8) is 0 Å². The van der Waals surface area contributed by atoms with Crippen molar-refractivity contribution < 1.29 is 18.8 Å². The van der Waals surface area contributed by atoms with Gasteiger partial charge in [0.2, 0.25) is 5.78 Å². The second-order valence-corrected chi connectivity index (χ2v) is 8.67. The molecule has 1 saturated carbocycles. The normalized spacial score (nSPS) is 14.8. The van der Waals surface area contributed by atoms with E-state index in [1.165, 1.54) is 37.7 Å². The highest BCUT2D eigenvalue weighted by molar-refractivity contribution is 5.98. The van der Waals surface area contributed by atoms with E-state index >= 15 is 0 Å². The van der Waals surface area contributed by atoms with Gasteiger partial charge < -0.3 is 14.0 Å². The summed E-state index contributed by atoms with van der Waals surface area (Å²) < 4.78 is 10.9. The number of oxime groups is 1. The maximum Gasteiger partial charge on any atom is 0.235 e. The Hall–Kier alpha value is -3.34. The molecular weight excluding hydrogens is 414 g/mol. The molecule has 0 bridgehead atoms. The highest BCUT2D eigenvalue weighted by Gasteiger charge is 2.15. The fourth-order valence-electron chi connectivity index (χ4n) is 4.18. The average Bonchev–Trinajstić information content (AvgIpc) is 3.30. The van der Waals surface area contributed by atoms with Crippen LogP contribution in [0.1, 0.15) is 78.0 Å². The van der Waals surface area contributed by atoms with E-state index in [-0.39, 0.29) is 12.4 Å². The molecule has 5 nitrogen and oxygen atoms in total. The Morgan fingerprint density at radius 3 is 2.36 bits per heavy atom. The van der Waals surface area contributed by atoms with Crippen molar-refractivity contribution >= 4 is 11.5 Å². The minimum atomic E-state index is -0.190. The van der Waals surface area contributed by atoms with Crippen molar-refractivity contribution in [2.75, 3.05) is 6.61 Å². The molecule has 0 N–H and O–H groups in total. The minimum absolute atomic E-state index is 0.0674. The van der Waals surface area contributed by atoms with E-state index in [0.29, 0.717) is 29.8 Å². The number of rotatable bonds is 9. The first kappa shape index (κ1) is 22.8. The molecule has 0 spiro atoms. The fraction of sp³-hybridized carbons (Fsp3) is 0.357. The molecule has 1 aromatic heterocycles. The SMILES string of the molecule is C/C(=N\OCc1ccc(C2CCCCC2)cc1)c1ccc(OCC(=O)c2ccc(C)o2)cc1. The van der Waals surface area contributed by atoms with Crippen molar-refractivity contribution in [3.8, 4) is 5.75 Å². The number of carbonyl (C=O) groups excluding carboxylic acids is 1. The van der Waals surface area contributed by atoms with Gasteiger partial charge in [-0.2, -0.15) is 0 Å². The summed E-state index contributed by atoms with van der Waals surface area (Å²) in [5.74, 6) is 2.16. The predicted molar refractivity (Wildman–Crippen MR) is 129 cm³/mol. The lowest BCUT2D eigenvalue weighted by Gasteiger charge is -2.22. The van der Waals surface area contributed by atoms with Gasteiger partial charge in [0.15, 0.2) is 12.4 Å². The zero-order chi connectivity index (χ0) is 23.0. The summed E-state index contributed by atoms with van der Waals surface area (Å²) in [6, 6.07) is 19.6. The zero-order valence-electron chi connectivity index (χ0n) is 19.4. The largest absolute Gasteiger partial charge is 0.485 e. The number of hydrogen-bond donors (Lipinski definition) is 0. The Bertz CT molecular complexity index is 1070. The predicted octanol–water partition coefficient (Wildman–Crippen LogP) is 6.84. The van der Waals surface area contributed by atoms with Crippen LogP contribution < -0.4 is 4.74 Å². The van der Waals surface area contributed by atoms with Gasteiger partial charge in [-0.15, -0.1) is 0 Å². The summed E-state index contributed by atoms with van der Waals surface area (Å²) in [6.07, 6.45) is 6.69. The Labute approximate surface area is 195 Å². The zero-order valence-corrected chi connectivity index (χ0v) is 19.4. The third kappa shape index (κ3) is 6.35. The van der Waals surface area contributed by atoms with Crippen LogP contribution in [0, 0.1) is 6.92 Å². The molecule has 172 valence electrons. The molecule has 5 heteroatoms. The second-order valence-electron chi connectivity index (χ2n) is 8.67. The lowest BCUT2D eigenvalue weighted by molar-refractivity contribution is 0.0892. The summed E-state index contributed by atoms with van der Waals surface area (Å²) in [5, 5.41) is 4.26. The summed E-state index contributed by atoms with van der Waals surface area (Å²) in [5.41, 5.74) is 4.28. The monoisotopic (exact) mass is 445 g/mol. The summed E-state index contributed by atoms with van der Waals surface area (Å²) in [6.45, 7) is 4.09. The molecule has 33 heavy (non-hydrogen) atoms. The van der Waals surface area contributed by atoms with E-state index in [1.807, 2.05) is 31.2 Å². The van der Waals surface area contributed by atoms with Crippen LogP contribution in [0.15, 0.2) is 70.2 Å². The van der Waals surface area contributed by atoms with Crippen LogP contribution in [0.25, 0.3) is 0 Å². The lowest BCUT2D eigenvalue weighted by Crippen LogP contribution is -2.10. The lowest BCUT2D eigenvalue weighted by atomic mass is 9.84. The molecule has 0 amide bonds. The Morgan fingerprint density at radius 2 is 1.70 bits per heavy atom. The highest BCUT2D eigenvalue weighted by Crippen LogP contribution is 2.32. The minimum Gasteiger partial charge on any atom is -0.485 e. The third-order valence-electron chi connectivity index (χ3n) is 6.15. The van der Waals surface area contributed by atoms with Crippen LogP contribution in [-0.4, -0.2) is 18.1 Å². The quantitative estimate of drug-likeness (QED) is 0.206. The van der Waals surface area contributed by atoms with Crippen LogP contribution in [0.3, 0.4) is 0 Å². The molecule has 1 aliphatic rings. The van der Waals surface area contributed by atoms with Crippen molar-refractivity contribution in [1.82, 2.24) is 0 Å². The first-order chi connectivity index (χ1) is 16.1. The molecule has 0 unspecified atom stereocenters. The summed E-state index contributed by atoms with van der Waals surface area (Å²) >= 11 is 0. The van der Waals surface area contributed by atoms with Crippen LogP contribution >= 0.6 is 0 Å². The summed E-state index contributed by atoms with van der Waals surface area (Å²) in [4.78, 5) is 17.7. The molecule has 0 radical (unpaired) electrons. The van der Waals surface area contributed by atoms with Gasteiger partial charge in [-0.05, 0) is 85.7 Å². The molecule has 1 heterocycles. The van der Waals surface area contributed by atoms with Crippen molar-refractivity contribution in [2.24, 2.45) is 5.16 Å². The molecule has 1 fully saturated rings. The number of ketones is 1. The van der Waals surface area contributed by atoms with Gasteiger partial charge in [0.1, 0.15) is 18.1 Å². The Kier molecular flexibility index (Phi) is 7.61. The molecule has 0 aliphatic heterocycles. The highest BCUT2D eigenvalue weighted by atomic mass is 16.6. The first-order valence-corrected chi connectivity index (χ1v) is 11.7. The smallest absolute Gasteiger partial charge is 0.235 e. The molecule has 0 saturated heterocycles. The Morgan fingerprint density at radius 1 is 0.970 bits per heavy atom. The maximum atomic E-state index is 12.1.